The minimum Gasteiger partial charge on any atom is -0.493 e. The Hall–Kier alpha value is -1.23. The van der Waals surface area contributed by atoms with Crippen molar-refractivity contribution in [3.05, 3.63) is 28.2 Å². The monoisotopic (exact) mass is 425 g/mol. The molecule has 1 amide bonds. The van der Waals surface area contributed by atoms with Gasteiger partial charge in [0.15, 0.2) is 0 Å². The number of benzene rings is 1. The van der Waals surface area contributed by atoms with Crippen LogP contribution in [0.1, 0.15) is 58.9 Å². The molecule has 2 rings (SSSR count). The minimum absolute atomic E-state index is 0.183. The Bertz CT molecular complexity index is 612. The van der Waals surface area contributed by atoms with Crippen LogP contribution < -0.4 is 4.74 Å². The van der Waals surface area contributed by atoms with E-state index in [1.54, 1.807) is 0 Å². The highest BCUT2D eigenvalue weighted by Gasteiger charge is 2.31. The maximum absolute atomic E-state index is 12.3. The molecule has 1 saturated heterocycles. The van der Waals surface area contributed by atoms with Crippen LogP contribution in [0.5, 0.6) is 5.75 Å². The summed E-state index contributed by atoms with van der Waals surface area (Å²) in [5.74, 6) is 1.60. The van der Waals surface area contributed by atoms with Crippen molar-refractivity contribution in [3.8, 4) is 5.75 Å². The van der Waals surface area contributed by atoms with Crippen molar-refractivity contribution in [3.63, 3.8) is 0 Å². The van der Waals surface area contributed by atoms with Crippen LogP contribution in [0.3, 0.4) is 0 Å². The summed E-state index contributed by atoms with van der Waals surface area (Å²) in [6.45, 7) is 11.4. The van der Waals surface area contributed by atoms with Crippen LogP contribution >= 0.6 is 15.9 Å². The van der Waals surface area contributed by atoms with Gasteiger partial charge in [0.1, 0.15) is 11.4 Å². The van der Waals surface area contributed by atoms with Gasteiger partial charge in [-0.1, -0.05) is 22.0 Å². The second-order valence-electron chi connectivity index (χ2n) is 8.27. The average Bonchev–Trinajstić information content (AvgIpc) is 2.53. The van der Waals surface area contributed by atoms with E-state index in [9.17, 15) is 4.79 Å². The molecule has 1 aliphatic heterocycles. The molecule has 146 valence electrons. The molecule has 0 bridgehead atoms. The van der Waals surface area contributed by atoms with Crippen molar-refractivity contribution in [2.45, 2.75) is 71.9 Å². The van der Waals surface area contributed by atoms with Crippen molar-refractivity contribution in [2.75, 3.05) is 13.2 Å². The first-order chi connectivity index (χ1) is 12.2. The fraction of sp³-hybridized carbons (Fsp3) is 0.667. The Kier molecular flexibility index (Phi) is 7.39. The number of ether oxygens (including phenoxy) is 2. The maximum Gasteiger partial charge on any atom is 0.410 e. The van der Waals surface area contributed by atoms with E-state index < -0.39 is 5.60 Å². The van der Waals surface area contributed by atoms with E-state index in [1.165, 1.54) is 0 Å². The Labute approximate surface area is 166 Å². The van der Waals surface area contributed by atoms with Gasteiger partial charge in [0.05, 0.1) is 6.61 Å². The van der Waals surface area contributed by atoms with Gasteiger partial charge in [-0.3, -0.25) is 0 Å². The van der Waals surface area contributed by atoms with Gasteiger partial charge in [0, 0.05) is 22.6 Å². The predicted molar refractivity (Wildman–Crippen MR) is 109 cm³/mol. The lowest BCUT2D eigenvalue weighted by Crippen LogP contribution is -2.46. The van der Waals surface area contributed by atoms with Crippen molar-refractivity contribution in [2.24, 2.45) is 5.92 Å². The van der Waals surface area contributed by atoms with E-state index in [1.807, 2.05) is 43.9 Å². The molecule has 0 aliphatic carbocycles. The van der Waals surface area contributed by atoms with Crippen LogP contribution in [0.2, 0.25) is 0 Å². The summed E-state index contributed by atoms with van der Waals surface area (Å²) in [5, 5.41) is 0. The number of carbonyl (C=O) groups is 1. The molecule has 1 unspecified atom stereocenters. The largest absolute Gasteiger partial charge is 0.493 e. The normalized spacial score (nSPS) is 20.8. The van der Waals surface area contributed by atoms with Gasteiger partial charge in [0.2, 0.25) is 0 Å². The number of rotatable bonds is 5. The third-order valence-corrected chi connectivity index (χ3v) is 5.70. The van der Waals surface area contributed by atoms with Crippen LogP contribution in [-0.4, -0.2) is 35.8 Å². The van der Waals surface area contributed by atoms with E-state index in [-0.39, 0.29) is 12.1 Å². The molecule has 5 heteroatoms. The van der Waals surface area contributed by atoms with E-state index >= 15 is 0 Å². The van der Waals surface area contributed by atoms with Gasteiger partial charge in [-0.25, -0.2) is 4.79 Å². The Morgan fingerprint density at radius 1 is 1.35 bits per heavy atom. The molecule has 2 atom stereocenters. The van der Waals surface area contributed by atoms with Gasteiger partial charge in [-0.2, -0.15) is 0 Å². The Morgan fingerprint density at radius 2 is 2.08 bits per heavy atom. The van der Waals surface area contributed by atoms with Gasteiger partial charge < -0.3 is 14.4 Å². The number of carbonyl (C=O) groups excluding carboxylic acids is 1. The summed E-state index contributed by atoms with van der Waals surface area (Å²) in [5.41, 5.74) is 0.710. The highest BCUT2D eigenvalue weighted by atomic mass is 79.9. The first-order valence-electron chi connectivity index (χ1n) is 9.55. The van der Waals surface area contributed by atoms with Crippen LogP contribution in [0.4, 0.5) is 4.79 Å². The summed E-state index contributed by atoms with van der Waals surface area (Å²) in [6, 6.07) is 6.28. The molecule has 0 N–H and O–H groups in total. The van der Waals surface area contributed by atoms with Gasteiger partial charge in [-0.15, -0.1) is 0 Å². The minimum atomic E-state index is -0.435. The zero-order valence-electron chi connectivity index (χ0n) is 16.7. The number of nitrogens with zero attached hydrogens (tertiary/aromatic N) is 1. The van der Waals surface area contributed by atoms with Crippen molar-refractivity contribution in [1.29, 1.82) is 0 Å². The van der Waals surface area contributed by atoms with Crippen molar-refractivity contribution >= 4 is 22.0 Å². The molecular formula is C21H32BrNO3. The summed E-state index contributed by atoms with van der Waals surface area (Å²) >= 11 is 3.54. The summed E-state index contributed by atoms with van der Waals surface area (Å²) in [6.07, 6.45) is 4.07. The Balaban J connectivity index is 1.72. The number of hydrogen-bond donors (Lipinski definition) is 0. The van der Waals surface area contributed by atoms with E-state index in [2.05, 4.69) is 29.8 Å². The molecule has 0 aromatic heterocycles. The second-order valence-corrected chi connectivity index (χ2v) is 9.12. The molecule has 1 aromatic rings. The van der Waals surface area contributed by atoms with Crippen LogP contribution in [-0.2, 0) is 4.74 Å². The first-order valence-corrected chi connectivity index (χ1v) is 10.3. The van der Waals surface area contributed by atoms with E-state index in [0.717, 1.165) is 54.6 Å². The van der Waals surface area contributed by atoms with Crippen molar-refractivity contribution < 1.29 is 14.3 Å². The standard InChI is InChI=1S/C21H32BrNO3/c1-15-14-17(11-12-23(15)20(24)26-21(3,4)5)8-7-13-25-19-10-6-9-18(22)16(19)2/h6,9-10,15,17H,7-8,11-14H2,1-5H3/t15-,17?/m0/s1. The van der Waals surface area contributed by atoms with Crippen LogP contribution in [0.25, 0.3) is 0 Å². The molecule has 1 heterocycles. The average molecular weight is 426 g/mol. The number of amides is 1. The topological polar surface area (TPSA) is 38.8 Å². The molecule has 0 spiro atoms. The van der Waals surface area contributed by atoms with Crippen LogP contribution in [0.15, 0.2) is 22.7 Å². The number of piperidine rings is 1. The molecule has 0 radical (unpaired) electrons. The SMILES string of the molecule is Cc1c(Br)cccc1OCCCC1CCN(C(=O)OC(C)(C)C)[C@@H](C)C1. The highest BCUT2D eigenvalue weighted by Crippen LogP contribution is 2.29. The summed E-state index contributed by atoms with van der Waals surface area (Å²) in [7, 11) is 0. The fourth-order valence-electron chi connectivity index (χ4n) is 3.42. The Morgan fingerprint density at radius 3 is 2.73 bits per heavy atom. The van der Waals surface area contributed by atoms with Crippen molar-refractivity contribution in [1.82, 2.24) is 4.90 Å². The van der Waals surface area contributed by atoms with Crippen LogP contribution in [0, 0.1) is 12.8 Å². The summed E-state index contributed by atoms with van der Waals surface area (Å²) in [4.78, 5) is 14.2. The van der Waals surface area contributed by atoms with Gasteiger partial charge in [0.25, 0.3) is 0 Å². The van der Waals surface area contributed by atoms with E-state index in [0.29, 0.717) is 5.92 Å². The molecule has 0 saturated carbocycles. The lowest BCUT2D eigenvalue weighted by atomic mass is 9.88. The highest BCUT2D eigenvalue weighted by molar-refractivity contribution is 9.10. The first kappa shape index (κ1) is 21.1. The molecule has 26 heavy (non-hydrogen) atoms. The fourth-order valence-corrected chi connectivity index (χ4v) is 3.77. The lowest BCUT2D eigenvalue weighted by Gasteiger charge is -2.38. The molecule has 1 aliphatic rings. The zero-order valence-corrected chi connectivity index (χ0v) is 18.3. The summed E-state index contributed by atoms with van der Waals surface area (Å²) < 4.78 is 12.5. The maximum atomic E-state index is 12.3. The van der Waals surface area contributed by atoms with E-state index in [4.69, 9.17) is 9.47 Å². The molecule has 1 aromatic carbocycles. The molecular weight excluding hydrogens is 394 g/mol. The van der Waals surface area contributed by atoms with Gasteiger partial charge in [-0.05, 0) is 78.4 Å². The number of hydrogen-bond acceptors (Lipinski definition) is 3. The smallest absolute Gasteiger partial charge is 0.410 e. The second kappa shape index (κ2) is 9.12. The number of likely N-dealkylation sites (tertiary alicyclic amines) is 1. The molecule has 4 nitrogen and oxygen atoms in total. The zero-order chi connectivity index (χ0) is 19.3. The third kappa shape index (κ3) is 6.19. The molecule has 1 fully saturated rings. The number of halogens is 1. The lowest BCUT2D eigenvalue weighted by molar-refractivity contribution is 0.00646. The van der Waals surface area contributed by atoms with Gasteiger partial charge >= 0.3 is 6.09 Å². The third-order valence-electron chi connectivity index (χ3n) is 4.85. The predicted octanol–water partition coefficient (Wildman–Crippen LogP) is 5.95. The quantitative estimate of drug-likeness (QED) is 0.546.